The number of aromatic amines is 1. The molecule has 0 aliphatic rings. The number of nitrogens with one attached hydrogen (secondary N) is 2. The summed E-state index contributed by atoms with van der Waals surface area (Å²) in [6.07, 6.45) is 2.44. The number of H-pyrrole nitrogens is 1. The molecule has 1 heterocycles. The first kappa shape index (κ1) is 11.3. The second kappa shape index (κ2) is 3.98. The quantitative estimate of drug-likeness (QED) is 0.469. The van der Waals surface area contributed by atoms with Crippen molar-refractivity contribution in [2.45, 2.75) is 5.03 Å². The number of phenols is 1. The zero-order valence-corrected chi connectivity index (χ0v) is 9.40. The summed E-state index contributed by atoms with van der Waals surface area (Å²) in [7, 11) is -3.74. The molecular weight excluding hydrogens is 244 g/mol. The number of nitrogen functional groups attached to an aromatic ring is 1. The number of phenolic OH excluding ortho intramolecular Hbond substituents is 1. The Morgan fingerprint density at radius 1 is 1.41 bits per heavy atom. The number of rotatable bonds is 3. The number of hydrogen-bond acceptors (Lipinski definition) is 5. The molecule has 0 amide bonds. The molecule has 90 valence electrons. The third-order valence-electron chi connectivity index (χ3n) is 2.04. The minimum atomic E-state index is -3.74. The maximum atomic E-state index is 11.8. The van der Waals surface area contributed by atoms with Crippen LogP contribution in [-0.2, 0) is 10.0 Å². The Labute approximate surface area is 97.4 Å². The molecule has 0 unspecified atom stereocenters. The summed E-state index contributed by atoms with van der Waals surface area (Å²) in [5.74, 6) is -0.0352. The third-order valence-corrected chi connectivity index (χ3v) is 3.33. The van der Waals surface area contributed by atoms with Crippen molar-refractivity contribution in [1.29, 1.82) is 0 Å². The van der Waals surface area contributed by atoms with Crippen molar-refractivity contribution < 1.29 is 13.5 Å². The summed E-state index contributed by atoms with van der Waals surface area (Å²) < 4.78 is 25.9. The predicted octanol–water partition coefficient (Wildman–Crippen LogP) is 0.498. The molecule has 0 spiro atoms. The maximum absolute atomic E-state index is 11.8. The molecule has 1 aromatic heterocycles. The van der Waals surface area contributed by atoms with Gasteiger partial charge < -0.3 is 15.8 Å². The molecular formula is C9H10N4O3S. The standard InChI is InChI=1S/C9H10N4O3S/c10-7-3-6(14)1-2-8(7)13-17(15,16)9-4-11-5-12-9/h1-5,13-14H,10H2,(H,11,12). The summed E-state index contributed by atoms with van der Waals surface area (Å²) in [5.41, 5.74) is 5.89. The normalized spacial score (nSPS) is 11.3. The lowest BCUT2D eigenvalue weighted by molar-refractivity contribution is 0.475. The minimum Gasteiger partial charge on any atom is -0.508 e. The molecule has 0 radical (unpaired) electrons. The van der Waals surface area contributed by atoms with Crippen molar-refractivity contribution in [2.75, 3.05) is 10.5 Å². The lowest BCUT2D eigenvalue weighted by Crippen LogP contribution is -2.14. The largest absolute Gasteiger partial charge is 0.508 e. The number of anilines is 2. The first-order chi connectivity index (χ1) is 7.99. The molecule has 2 aromatic rings. The van der Waals surface area contributed by atoms with Crippen molar-refractivity contribution in [2.24, 2.45) is 0 Å². The summed E-state index contributed by atoms with van der Waals surface area (Å²) >= 11 is 0. The number of nitrogens with two attached hydrogens (primary N) is 1. The van der Waals surface area contributed by atoms with E-state index in [2.05, 4.69) is 14.7 Å². The first-order valence-corrected chi connectivity index (χ1v) is 6.07. The fourth-order valence-electron chi connectivity index (χ4n) is 1.23. The molecule has 0 saturated carbocycles. The number of aromatic hydroxyl groups is 1. The van der Waals surface area contributed by atoms with Gasteiger partial charge in [-0.2, -0.15) is 8.42 Å². The molecule has 5 N–H and O–H groups in total. The van der Waals surface area contributed by atoms with Crippen LogP contribution in [-0.4, -0.2) is 23.5 Å². The van der Waals surface area contributed by atoms with Gasteiger partial charge in [0.2, 0.25) is 0 Å². The zero-order chi connectivity index (χ0) is 12.5. The fourth-order valence-corrected chi connectivity index (χ4v) is 2.23. The van der Waals surface area contributed by atoms with Crippen LogP contribution in [0.4, 0.5) is 11.4 Å². The Hall–Kier alpha value is -2.22. The van der Waals surface area contributed by atoms with E-state index < -0.39 is 10.0 Å². The van der Waals surface area contributed by atoms with Crippen molar-refractivity contribution >= 4 is 21.4 Å². The minimum absolute atomic E-state index is 0.0352. The molecule has 17 heavy (non-hydrogen) atoms. The van der Waals surface area contributed by atoms with Gasteiger partial charge in [-0.05, 0) is 12.1 Å². The molecule has 8 heteroatoms. The van der Waals surface area contributed by atoms with E-state index in [0.717, 1.165) is 0 Å². The van der Waals surface area contributed by atoms with Gasteiger partial charge in [-0.1, -0.05) is 0 Å². The number of aromatic nitrogens is 2. The molecule has 7 nitrogen and oxygen atoms in total. The highest BCUT2D eigenvalue weighted by Crippen LogP contribution is 2.25. The number of nitrogens with zero attached hydrogens (tertiary/aromatic N) is 1. The van der Waals surface area contributed by atoms with Crippen LogP contribution in [0.3, 0.4) is 0 Å². The molecule has 0 aliphatic carbocycles. The SMILES string of the molecule is Nc1cc(O)ccc1NS(=O)(=O)c1cnc[nH]1. The average molecular weight is 254 g/mol. The molecule has 0 atom stereocenters. The van der Waals surface area contributed by atoms with Crippen molar-refractivity contribution in [1.82, 2.24) is 9.97 Å². The zero-order valence-electron chi connectivity index (χ0n) is 8.58. The molecule has 2 rings (SSSR count). The Morgan fingerprint density at radius 2 is 2.18 bits per heavy atom. The lowest BCUT2D eigenvalue weighted by atomic mass is 10.2. The molecule has 1 aromatic carbocycles. The number of benzene rings is 1. The van der Waals surface area contributed by atoms with Crippen molar-refractivity contribution in [3.05, 3.63) is 30.7 Å². The smallest absolute Gasteiger partial charge is 0.279 e. The van der Waals surface area contributed by atoms with E-state index in [1.54, 1.807) is 0 Å². The molecule has 0 saturated heterocycles. The van der Waals surface area contributed by atoms with E-state index in [1.165, 1.54) is 30.7 Å². The predicted molar refractivity (Wildman–Crippen MR) is 61.9 cm³/mol. The van der Waals surface area contributed by atoms with Gasteiger partial charge in [-0.25, -0.2) is 4.98 Å². The van der Waals surface area contributed by atoms with E-state index in [4.69, 9.17) is 10.8 Å². The molecule has 0 fully saturated rings. The van der Waals surface area contributed by atoms with Gasteiger partial charge in [0.05, 0.1) is 23.9 Å². The Bertz CT molecular complexity index is 622. The van der Waals surface area contributed by atoms with Gasteiger partial charge in [-0.15, -0.1) is 0 Å². The van der Waals surface area contributed by atoms with Crippen molar-refractivity contribution in [3.8, 4) is 5.75 Å². The van der Waals surface area contributed by atoms with E-state index in [0.29, 0.717) is 0 Å². The third kappa shape index (κ3) is 2.31. The van der Waals surface area contributed by atoms with Crippen molar-refractivity contribution in [3.63, 3.8) is 0 Å². The van der Waals surface area contributed by atoms with E-state index in [9.17, 15) is 8.42 Å². The second-order valence-corrected chi connectivity index (χ2v) is 4.94. The summed E-state index contributed by atoms with van der Waals surface area (Å²) in [5, 5.41) is 9.08. The highest BCUT2D eigenvalue weighted by Gasteiger charge is 2.16. The maximum Gasteiger partial charge on any atom is 0.279 e. The summed E-state index contributed by atoms with van der Waals surface area (Å²) in [6.45, 7) is 0. The van der Waals surface area contributed by atoms with Crippen LogP contribution in [0, 0.1) is 0 Å². The summed E-state index contributed by atoms with van der Waals surface area (Å²) in [4.78, 5) is 6.10. The summed E-state index contributed by atoms with van der Waals surface area (Å²) in [6, 6.07) is 3.96. The topological polar surface area (TPSA) is 121 Å². The van der Waals surface area contributed by atoms with E-state index in [-0.39, 0.29) is 22.2 Å². The first-order valence-electron chi connectivity index (χ1n) is 4.59. The van der Waals surface area contributed by atoms with Crippen LogP contribution in [0.1, 0.15) is 0 Å². The van der Waals surface area contributed by atoms with Crippen LogP contribution >= 0.6 is 0 Å². The van der Waals surface area contributed by atoms with Gasteiger partial charge in [0.25, 0.3) is 10.0 Å². The Morgan fingerprint density at radius 3 is 2.76 bits per heavy atom. The highest BCUT2D eigenvalue weighted by molar-refractivity contribution is 7.92. The molecule has 0 bridgehead atoms. The molecule has 0 aliphatic heterocycles. The van der Waals surface area contributed by atoms with E-state index in [1.807, 2.05) is 0 Å². The van der Waals surface area contributed by atoms with E-state index >= 15 is 0 Å². The van der Waals surface area contributed by atoms with Gasteiger partial charge in [0, 0.05) is 6.07 Å². The van der Waals surface area contributed by atoms with Gasteiger partial charge in [0.15, 0.2) is 5.03 Å². The Kier molecular flexibility index (Phi) is 2.64. The van der Waals surface area contributed by atoms with Gasteiger partial charge >= 0.3 is 0 Å². The number of imidazole rings is 1. The second-order valence-electron chi connectivity index (χ2n) is 3.29. The Balaban J connectivity index is 2.33. The number of sulfonamides is 1. The van der Waals surface area contributed by atoms with Crippen LogP contribution < -0.4 is 10.5 Å². The average Bonchev–Trinajstić information content (AvgIpc) is 2.76. The highest BCUT2D eigenvalue weighted by atomic mass is 32.2. The fraction of sp³-hybridized carbons (Fsp3) is 0. The lowest BCUT2D eigenvalue weighted by Gasteiger charge is -2.08. The van der Waals surface area contributed by atoms with Crippen LogP contribution in [0.2, 0.25) is 0 Å². The van der Waals surface area contributed by atoms with Gasteiger partial charge in [-0.3, -0.25) is 4.72 Å². The van der Waals surface area contributed by atoms with Crippen LogP contribution in [0.15, 0.2) is 35.7 Å². The number of hydrogen-bond donors (Lipinski definition) is 4. The monoisotopic (exact) mass is 254 g/mol. The van der Waals surface area contributed by atoms with Gasteiger partial charge in [0.1, 0.15) is 5.75 Å². The van der Waals surface area contributed by atoms with Crippen LogP contribution in [0.25, 0.3) is 0 Å². The van der Waals surface area contributed by atoms with Crippen LogP contribution in [0.5, 0.6) is 5.75 Å².